The largest absolute Gasteiger partial charge is 0.366 e. The lowest BCUT2D eigenvalue weighted by molar-refractivity contribution is -0.385. The summed E-state index contributed by atoms with van der Waals surface area (Å²) in [7, 11) is 0. The molecular formula is C12H16N4O2S. The van der Waals surface area contributed by atoms with Gasteiger partial charge in [-0.1, -0.05) is 6.92 Å². The first-order valence-corrected chi connectivity index (χ1v) is 7.12. The van der Waals surface area contributed by atoms with E-state index < -0.39 is 4.92 Å². The molecule has 1 aromatic heterocycles. The number of nitro groups is 1. The van der Waals surface area contributed by atoms with Gasteiger partial charge >= 0.3 is 0 Å². The van der Waals surface area contributed by atoms with Crippen LogP contribution in [0.2, 0.25) is 0 Å². The van der Waals surface area contributed by atoms with Gasteiger partial charge in [0.1, 0.15) is 23.6 Å². The molecular weight excluding hydrogens is 264 g/mol. The molecule has 1 unspecified atom stereocenters. The van der Waals surface area contributed by atoms with E-state index >= 15 is 0 Å². The molecule has 0 aliphatic rings. The minimum atomic E-state index is -0.557. The Morgan fingerprint density at radius 2 is 2.42 bits per heavy atom. The molecule has 1 rings (SSSR count). The summed E-state index contributed by atoms with van der Waals surface area (Å²) in [6, 6.07) is 3.33. The Hall–Kier alpha value is -1.81. The summed E-state index contributed by atoms with van der Waals surface area (Å²) >= 11 is 1.85. The summed E-state index contributed by atoms with van der Waals surface area (Å²) in [6.07, 6.45) is 2.11. The van der Waals surface area contributed by atoms with Crippen molar-refractivity contribution in [3.05, 3.63) is 27.9 Å². The molecule has 1 aromatic rings. The van der Waals surface area contributed by atoms with Gasteiger partial charge in [-0.3, -0.25) is 10.1 Å². The highest BCUT2D eigenvalue weighted by atomic mass is 32.2. The van der Waals surface area contributed by atoms with Crippen molar-refractivity contribution in [2.45, 2.75) is 26.3 Å². The van der Waals surface area contributed by atoms with Crippen molar-refractivity contribution >= 4 is 23.3 Å². The third-order valence-corrected chi connectivity index (χ3v) is 3.42. The van der Waals surface area contributed by atoms with Gasteiger partial charge < -0.3 is 5.32 Å². The molecule has 19 heavy (non-hydrogen) atoms. The van der Waals surface area contributed by atoms with Gasteiger partial charge in [0.25, 0.3) is 5.69 Å². The predicted octanol–water partition coefficient (Wildman–Crippen LogP) is 2.81. The molecule has 0 spiro atoms. The molecule has 6 nitrogen and oxygen atoms in total. The van der Waals surface area contributed by atoms with Crippen LogP contribution >= 0.6 is 11.8 Å². The van der Waals surface area contributed by atoms with E-state index in [-0.39, 0.29) is 17.3 Å². The molecule has 0 saturated carbocycles. The fourth-order valence-electron chi connectivity index (χ4n) is 1.46. The van der Waals surface area contributed by atoms with Crippen LogP contribution in [0.3, 0.4) is 0 Å². The summed E-state index contributed by atoms with van der Waals surface area (Å²) in [5.74, 6) is 2.51. The second-order valence-electron chi connectivity index (χ2n) is 3.99. The quantitative estimate of drug-likeness (QED) is 0.469. The van der Waals surface area contributed by atoms with Gasteiger partial charge in [-0.2, -0.15) is 17.0 Å². The van der Waals surface area contributed by atoms with E-state index in [2.05, 4.69) is 17.2 Å². The lowest BCUT2D eigenvalue weighted by Crippen LogP contribution is -2.17. The van der Waals surface area contributed by atoms with Crippen molar-refractivity contribution < 1.29 is 4.92 Å². The molecule has 1 N–H and O–H groups in total. The normalized spacial score (nSPS) is 11.6. The van der Waals surface area contributed by atoms with E-state index in [1.54, 1.807) is 0 Å². The summed E-state index contributed by atoms with van der Waals surface area (Å²) in [5, 5.41) is 22.7. The summed E-state index contributed by atoms with van der Waals surface area (Å²) in [4.78, 5) is 14.0. The SMILES string of the molecule is CCSCCC(C)Nc1ncc([N+](=O)[O-])cc1C#N. The number of thioether (sulfide) groups is 1. The highest BCUT2D eigenvalue weighted by molar-refractivity contribution is 7.99. The maximum absolute atomic E-state index is 10.6. The molecule has 7 heteroatoms. The van der Waals surface area contributed by atoms with E-state index in [9.17, 15) is 10.1 Å². The molecule has 0 bridgehead atoms. The van der Waals surface area contributed by atoms with Gasteiger partial charge in [-0.25, -0.2) is 4.98 Å². The van der Waals surface area contributed by atoms with Gasteiger partial charge in [0.05, 0.1) is 4.92 Å². The molecule has 102 valence electrons. The zero-order valence-corrected chi connectivity index (χ0v) is 11.7. The van der Waals surface area contributed by atoms with E-state index in [1.807, 2.05) is 24.8 Å². The van der Waals surface area contributed by atoms with E-state index in [4.69, 9.17) is 5.26 Å². The monoisotopic (exact) mass is 280 g/mol. The molecule has 0 radical (unpaired) electrons. The van der Waals surface area contributed by atoms with Crippen molar-refractivity contribution in [2.24, 2.45) is 0 Å². The van der Waals surface area contributed by atoms with Crippen molar-refractivity contribution in [3.8, 4) is 6.07 Å². The highest BCUT2D eigenvalue weighted by Gasteiger charge is 2.13. The van der Waals surface area contributed by atoms with Crippen LogP contribution in [0.4, 0.5) is 11.5 Å². The van der Waals surface area contributed by atoms with Crippen LogP contribution in [0, 0.1) is 21.4 Å². The van der Waals surface area contributed by atoms with Crippen molar-refractivity contribution in [2.75, 3.05) is 16.8 Å². The van der Waals surface area contributed by atoms with Crippen molar-refractivity contribution in [3.63, 3.8) is 0 Å². The Morgan fingerprint density at radius 3 is 3.00 bits per heavy atom. The van der Waals surface area contributed by atoms with Crippen LogP contribution in [-0.2, 0) is 0 Å². The van der Waals surface area contributed by atoms with E-state index in [1.165, 1.54) is 6.07 Å². The smallest absolute Gasteiger partial charge is 0.289 e. The maximum atomic E-state index is 10.6. The molecule has 1 heterocycles. The predicted molar refractivity (Wildman–Crippen MR) is 76.3 cm³/mol. The molecule has 1 atom stereocenters. The zero-order chi connectivity index (χ0) is 14.3. The van der Waals surface area contributed by atoms with Crippen molar-refractivity contribution in [1.82, 2.24) is 4.98 Å². The standard InChI is InChI=1S/C12H16N4O2S/c1-3-19-5-4-9(2)15-12-10(7-13)6-11(8-14-12)16(17)18/h6,8-9H,3-5H2,1-2H3,(H,14,15). The summed E-state index contributed by atoms with van der Waals surface area (Å²) in [6.45, 7) is 4.11. The fourth-order valence-corrected chi connectivity index (χ4v) is 2.27. The van der Waals surface area contributed by atoms with Crippen LogP contribution in [0.25, 0.3) is 0 Å². The van der Waals surface area contributed by atoms with Gasteiger partial charge in [0.15, 0.2) is 0 Å². The Balaban J connectivity index is 2.73. The lowest BCUT2D eigenvalue weighted by atomic mass is 10.2. The number of nitrogens with zero attached hydrogens (tertiary/aromatic N) is 3. The second-order valence-corrected chi connectivity index (χ2v) is 5.38. The minimum absolute atomic E-state index is 0.167. The molecule has 0 amide bonds. The summed E-state index contributed by atoms with van der Waals surface area (Å²) < 4.78 is 0. The molecule has 0 saturated heterocycles. The summed E-state index contributed by atoms with van der Waals surface area (Å²) in [5.41, 5.74) is 0.0282. The Labute approximate surface area is 116 Å². The number of nitriles is 1. The topological polar surface area (TPSA) is 91.8 Å². The maximum Gasteiger partial charge on any atom is 0.289 e. The van der Waals surface area contributed by atoms with Gasteiger partial charge in [0, 0.05) is 12.1 Å². The molecule has 0 aromatic carbocycles. The van der Waals surface area contributed by atoms with E-state index in [0.29, 0.717) is 5.82 Å². The number of anilines is 1. The van der Waals surface area contributed by atoms with Gasteiger partial charge in [0.2, 0.25) is 0 Å². The lowest BCUT2D eigenvalue weighted by Gasteiger charge is -2.14. The fraction of sp³-hybridized carbons (Fsp3) is 0.500. The van der Waals surface area contributed by atoms with Crippen LogP contribution in [-0.4, -0.2) is 27.5 Å². The average molecular weight is 280 g/mol. The highest BCUT2D eigenvalue weighted by Crippen LogP contribution is 2.19. The number of hydrogen-bond donors (Lipinski definition) is 1. The number of rotatable bonds is 7. The number of aromatic nitrogens is 1. The van der Waals surface area contributed by atoms with Gasteiger partial charge in [-0.05, 0) is 24.9 Å². The third kappa shape index (κ3) is 4.75. The third-order valence-electron chi connectivity index (χ3n) is 2.49. The van der Waals surface area contributed by atoms with Gasteiger partial charge in [-0.15, -0.1) is 0 Å². The number of pyridine rings is 1. The molecule has 0 fully saturated rings. The zero-order valence-electron chi connectivity index (χ0n) is 10.9. The average Bonchev–Trinajstić information content (AvgIpc) is 2.39. The second kappa shape index (κ2) is 7.59. The Morgan fingerprint density at radius 1 is 1.68 bits per heavy atom. The number of hydrogen-bond acceptors (Lipinski definition) is 6. The number of nitrogens with one attached hydrogen (secondary N) is 1. The molecule has 0 aliphatic heterocycles. The van der Waals surface area contributed by atoms with Crippen molar-refractivity contribution in [1.29, 1.82) is 5.26 Å². The Bertz CT molecular complexity index is 487. The minimum Gasteiger partial charge on any atom is -0.366 e. The first-order chi connectivity index (χ1) is 9.08. The molecule has 0 aliphatic carbocycles. The first kappa shape index (κ1) is 15.2. The van der Waals surface area contributed by atoms with Crippen LogP contribution in [0.1, 0.15) is 25.8 Å². The first-order valence-electron chi connectivity index (χ1n) is 5.97. The Kier molecular flexibility index (Phi) is 6.09. The van der Waals surface area contributed by atoms with Crippen LogP contribution < -0.4 is 5.32 Å². The van der Waals surface area contributed by atoms with Crippen LogP contribution in [0.5, 0.6) is 0 Å². The van der Waals surface area contributed by atoms with Crippen LogP contribution in [0.15, 0.2) is 12.3 Å². The van der Waals surface area contributed by atoms with E-state index in [0.717, 1.165) is 24.1 Å².